The number of rotatable bonds is 2. The number of pyridine rings is 1. The van der Waals surface area contributed by atoms with Crippen LogP contribution in [-0.4, -0.2) is 5.97 Å². The van der Waals surface area contributed by atoms with E-state index in [1.54, 1.807) is 6.07 Å². The van der Waals surface area contributed by atoms with Crippen LogP contribution in [0.5, 0.6) is 0 Å². The quantitative estimate of drug-likeness (QED) is 0.213. The van der Waals surface area contributed by atoms with Crippen molar-refractivity contribution >= 4 is 12.0 Å². The topological polar surface area (TPSA) is 67.1 Å². The Kier molecular flexibility index (Phi) is 6.18. The zero-order valence-electron chi connectivity index (χ0n) is 7.14. The Morgan fingerprint density at radius 3 is 2.77 bits per heavy atom. The second kappa shape index (κ2) is 6.28. The molecule has 1 aromatic heterocycles. The van der Waals surface area contributed by atoms with E-state index in [9.17, 15) is 15.1 Å². The summed E-state index contributed by atoms with van der Waals surface area (Å²) >= 11 is 0. The van der Waals surface area contributed by atoms with Crippen LogP contribution in [0.2, 0.25) is 0 Å². The zero-order chi connectivity index (χ0) is 8.97. The van der Waals surface area contributed by atoms with Gasteiger partial charge in [-0.15, -0.1) is 0 Å². The van der Waals surface area contributed by atoms with Gasteiger partial charge in [-0.3, -0.25) is 0 Å². The van der Waals surface area contributed by atoms with E-state index in [1.807, 2.05) is 0 Å². The minimum absolute atomic E-state index is 0. The van der Waals surface area contributed by atoms with Gasteiger partial charge in [-0.1, -0.05) is 0 Å². The molecule has 13 heavy (non-hydrogen) atoms. The molecule has 0 aliphatic heterocycles. The number of aromatic nitrogens is 1. The minimum atomic E-state index is -1.28. The minimum Gasteiger partial charge on any atom is -0.619 e. The van der Waals surface area contributed by atoms with Gasteiger partial charge in [0, 0.05) is 11.6 Å². The summed E-state index contributed by atoms with van der Waals surface area (Å²) in [6, 6.07) is 3.15. The van der Waals surface area contributed by atoms with Gasteiger partial charge in [0.05, 0.1) is 5.97 Å². The predicted molar refractivity (Wildman–Crippen MR) is 39.4 cm³/mol. The molecule has 5 heteroatoms. The number of hydrogen-bond donors (Lipinski definition) is 0. The molecule has 0 spiro atoms. The van der Waals surface area contributed by atoms with Crippen LogP contribution < -0.4 is 61.2 Å². The predicted octanol–water partition coefficient (Wildman–Crippen LogP) is -3.91. The number of carboxylic acids is 1. The molecule has 0 radical (unpaired) electrons. The number of aliphatic carboxylic acids is 1. The molecule has 0 saturated heterocycles. The molecule has 0 bridgehead atoms. The molecule has 0 saturated carbocycles. The van der Waals surface area contributed by atoms with Gasteiger partial charge in [0.1, 0.15) is 0 Å². The van der Waals surface area contributed by atoms with Crippen LogP contribution in [0.4, 0.5) is 0 Å². The van der Waals surface area contributed by atoms with Gasteiger partial charge >= 0.3 is 51.4 Å². The maximum atomic E-state index is 10.7. The Hall–Kier alpha value is -0.204. The van der Waals surface area contributed by atoms with Crippen LogP contribution in [-0.2, 0) is 4.79 Å². The van der Waals surface area contributed by atoms with Gasteiger partial charge in [-0.2, -0.15) is 4.73 Å². The number of carbonyl (C=O) groups excluding carboxylic acids is 1. The van der Waals surface area contributed by atoms with Gasteiger partial charge in [0.15, 0.2) is 12.4 Å². The van der Waals surface area contributed by atoms with Crippen molar-refractivity contribution in [1.82, 2.24) is 0 Å². The molecule has 1 aromatic rings. The first kappa shape index (κ1) is 12.8. The molecular weight excluding hydrogens is 197 g/mol. The molecule has 0 N–H and O–H groups in total. The van der Waals surface area contributed by atoms with Gasteiger partial charge in [0.2, 0.25) is 0 Å². The third-order valence-corrected chi connectivity index (χ3v) is 1.21. The van der Waals surface area contributed by atoms with Crippen molar-refractivity contribution in [2.75, 3.05) is 0 Å². The van der Waals surface area contributed by atoms with Gasteiger partial charge in [-0.25, -0.2) is 0 Å². The largest absolute Gasteiger partial charge is 1.00 e. The Morgan fingerprint density at radius 1 is 1.54 bits per heavy atom. The summed E-state index contributed by atoms with van der Waals surface area (Å²) in [7, 11) is 0. The van der Waals surface area contributed by atoms with E-state index in [0.29, 0.717) is 10.3 Å². The smallest absolute Gasteiger partial charge is 0.619 e. The monoisotopic (exact) mass is 203 g/mol. The molecule has 0 unspecified atom stereocenters. The molecule has 0 aliphatic carbocycles. The second-order valence-electron chi connectivity index (χ2n) is 2.15. The normalized spacial score (nSPS) is 9.54. The van der Waals surface area contributed by atoms with Crippen molar-refractivity contribution in [3.63, 3.8) is 0 Å². The molecule has 0 amide bonds. The SMILES string of the molecule is O=C([O-])/C=C/c1ccc[n+]([O-])c1.[K+]. The summed E-state index contributed by atoms with van der Waals surface area (Å²) in [6.45, 7) is 0. The number of nitrogens with zero attached hydrogens (tertiary/aromatic N) is 1. The molecule has 1 rings (SSSR count). The van der Waals surface area contributed by atoms with Crippen molar-refractivity contribution in [3.05, 3.63) is 41.4 Å². The molecule has 0 fully saturated rings. The van der Waals surface area contributed by atoms with Crippen molar-refractivity contribution in [2.45, 2.75) is 0 Å². The van der Waals surface area contributed by atoms with E-state index in [0.717, 1.165) is 6.08 Å². The molecule has 0 aromatic carbocycles. The van der Waals surface area contributed by atoms with Gasteiger partial charge < -0.3 is 15.1 Å². The van der Waals surface area contributed by atoms with Crippen molar-refractivity contribution in [3.8, 4) is 0 Å². The molecular formula is C8H6KNO3. The summed E-state index contributed by atoms with van der Waals surface area (Å²) in [5, 5.41) is 20.6. The van der Waals surface area contributed by atoms with Crippen molar-refractivity contribution < 1.29 is 66.0 Å². The third-order valence-electron chi connectivity index (χ3n) is 1.21. The average molecular weight is 203 g/mol. The first-order valence-electron chi connectivity index (χ1n) is 3.26. The maximum absolute atomic E-state index is 10.7. The zero-order valence-corrected chi connectivity index (χ0v) is 10.3. The van der Waals surface area contributed by atoms with E-state index >= 15 is 0 Å². The van der Waals surface area contributed by atoms with Crippen LogP contribution in [0.25, 0.3) is 6.08 Å². The number of carboxylic acid groups (broad SMARTS) is 1. The van der Waals surface area contributed by atoms with Gasteiger partial charge in [0.25, 0.3) is 0 Å². The van der Waals surface area contributed by atoms with Crippen LogP contribution in [0.1, 0.15) is 5.56 Å². The molecule has 1 heterocycles. The molecule has 62 valence electrons. The number of carbonyl (C=O) groups is 1. The van der Waals surface area contributed by atoms with E-state index in [4.69, 9.17) is 0 Å². The Bertz CT molecular complexity index is 325. The number of hydrogen-bond acceptors (Lipinski definition) is 3. The molecule has 0 atom stereocenters. The Morgan fingerprint density at radius 2 is 2.23 bits per heavy atom. The van der Waals surface area contributed by atoms with Crippen LogP contribution >= 0.6 is 0 Å². The van der Waals surface area contributed by atoms with Crippen LogP contribution in [0.15, 0.2) is 30.6 Å². The van der Waals surface area contributed by atoms with Crippen molar-refractivity contribution in [2.24, 2.45) is 0 Å². The van der Waals surface area contributed by atoms with E-state index in [1.165, 1.54) is 24.5 Å². The average Bonchev–Trinajstić information content (AvgIpc) is 2.01. The fraction of sp³-hybridized carbons (Fsp3) is 0. The van der Waals surface area contributed by atoms with E-state index < -0.39 is 5.97 Å². The molecule has 0 aliphatic rings. The fourth-order valence-corrected chi connectivity index (χ4v) is 0.735. The summed E-state index contributed by atoms with van der Waals surface area (Å²) in [5.74, 6) is -1.28. The van der Waals surface area contributed by atoms with Crippen LogP contribution in [0.3, 0.4) is 0 Å². The van der Waals surface area contributed by atoms with E-state index in [-0.39, 0.29) is 51.4 Å². The standard InChI is InChI=1S/C8H7NO3.K/c10-8(11)4-3-7-2-1-5-9(12)6-7;/h1-6H,(H,10,11);/q;+1/p-1/b4-3+;. The van der Waals surface area contributed by atoms with Crippen molar-refractivity contribution in [1.29, 1.82) is 0 Å². The molecule has 4 nitrogen and oxygen atoms in total. The summed E-state index contributed by atoms with van der Waals surface area (Å²) in [4.78, 5) is 9.97. The fourth-order valence-electron chi connectivity index (χ4n) is 0.735. The summed E-state index contributed by atoms with van der Waals surface area (Å²) in [6.07, 6.45) is 4.74. The summed E-state index contributed by atoms with van der Waals surface area (Å²) < 4.78 is 0.592. The first-order chi connectivity index (χ1) is 5.68. The first-order valence-corrected chi connectivity index (χ1v) is 3.26. The second-order valence-corrected chi connectivity index (χ2v) is 2.15. The van der Waals surface area contributed by atoms with Crippen LogP contribution in [0, 0.1) is 5.21 Å². The Labute approximate surface area is 118 Å². The third kappa shape index (κ3) is 5.17. The summed E-state index contributed by atoms with van der Waals surface area (Å²) in [5.41, 5.74) is 0.525. The maximum Gasteiger partial charge on any atom is 1.00 e. The Balaban J connectivity index is 0.00000144. The van der Waals surface area contributed by atoms with E-state index in [2.05, 4.69) is 0 Å². The van der Waals surface area contributed by atoms with Gasteiger partial charge in [-0.05, 0) is 18.2 Å².